The van der Waals surface area contributed by atoms with Crippen LogP contribution < -0.4 is 15.2 Å². The molecule has 1 N–H and O–H groups in total. The van der Waals surface area contributed by atoms with Crippen LogP contribution in [0.5, 0.6) is 5.75 Å². The van der Waals surface area contributed by atoms with Crippen molar-refractivity contribution in [2.24, 2.45) is 0 Å². The Kier molecular flexibility index (Phi) is 5.15. The minimum Gasteiger partial charge on any atom is -0.492 e. The minimum atomic E-state index is -0.345. The van der Waals surface area contributed by atoms with E-state index < -0.39 is 0 Å². The summed E-state index contributed by atoms with van der Waals surface area (Å²) >= 11 is 6.06. The zero-order valence-corrected chi connectivity index (χ0v) is 13.5. The van der Waals surface area contributed by atoms with Gasteiger partial charge in [0.15, 0.2) is 0 Å². The molecule has 23 heavy (non-hydrogen) atoms. The molecule has 0 aliphatic carbocycles. The smallest absolute Gasteiger partial charge is 0.285 e. The molecule has 122 valence electrons. The van der Waals surface area contributed by atoms with Crippen molar-refractivity contribution >= 4 is 17.3 Å². The van der Waals surface area contributed by atoms with Crippen molar-refractivity contribution in [1.29, 1.82) is 0 Å². The maximum atomic E-state index is 11.5. The van der Waals surface area contributed by atoms with Gasteiger partial charge in [-0.2, -0.15) is 5.10 Å². The Hall–Kier alpha value is -2.05. The molecule has 0 saturated carbocycles. The van der Waals surface area contributed by atoms with Gasteiger partial charge in [-0.3, -0.25) is 9.69 Å². The first kappa shape index (κ1) is 15.8. The van der Waals surface area contributed by atoms with E-state index in [-0.39, 0.29) is 10.6 Å². The highest BCUT2D eigenvalue weighted by Gasteiger charge is 2.20. The Morgan fingerprint density at radius 3 is 2.65 bits per heavy atom. The van der Waals surface area contributed by atoms with E-state index in [1.165, 1.54) is 0 Å². The SMILES string of the molecule is O=c1[nH]ncc(N2CCN(CCOc3ccccc3)CC2)c1Cl. The third-order valence-corrected chi connectivity index (χ3v) is 4.27. The number of para-hydroxylation sites is 1. The Balaban J connectivity index is 1.47. The van der Waals surface area contributed by atoms with E-state index in [9.17, 15) is 4.79 Å². The van der Waals surface area contributed by atoms with Gasteiger partial charge in [0.25, 0.3) is 5.56 Å². The molecule has 2 heterocycles. The quantitative estimate of drug-likeness (QED) is 0.900. The average Bonchev–Trinajstić information content (AvgIpc) is 2.59. The van der Waals surface area contributed by atoms with Gasteiger partial charge in [0, 0.05) is 32.7 Å². The van der Waals surface area contributed by atoms with Gasteiger partial charge < -0.3 is 9.64 Å². The highest BCUT2D eigenvalue weighted by molar-refractivity contribution is 6.32. The first-order chi connectivity index (χ1) is 11.2. The van der Waals surface area contributed by atoms with E-state index in [2.05, 4.69) is 20.0 Å². The summed E-state index contributed by atoms with van der Waals surface area (Å²) in [6.45, 7) is 4.98. The van der Waals surface area contributed by atoms with Crippen molar-refractivity contribution < 1.29 is 4.74 Å². The standard InChI is InChI=1S/C16H19ClN4O2/c17-15-14(12-18-19-16(15)22)21-8-6-20(7-9-21)10-11-23-13-4-2-1-3-5-13/h1-5,12H,6-11H2,(H,19,22). The van der Waals surface area contributed by atoms with Crippen LogP contribution in [-0.4, -0.2) is 54.4 Å². The maximum Gasteiger partial charge on any atom is 0.285 e. The first-order valence-electron chi connectivity index (χ1n) is 7.62. The van der Waals surface area contributed by atoms with Crippen molar-refractivity contribution in [1.82, 2.24) is 15.1 Å². The van der Waals surface area contributed by atoms with Crippen LogP contribution in [0.25, 0.3) is 0 Å². The van der Waals surface area contributed by atoms with Gasteiger partial charge in [-0.05, 0) is 12.1 Å². The normalized spacial score (nSPS) is 15.6. The van der Waals surface area contributed by atoms with E-state index in [0.717, 1.165) is 38.5 Å². The molecule has 6 nitrogen and oxygen atoms in total. The molecule has 0 unspecified atom stereocenters. The fourth-order valence-corrected chi connectivity index (χ4v) is 2.83. The van der Waals surface area contributed by atoms with Crippen molar-refractivity contribution in [2.45, 2.75) is 0 Å². The number of nitrogens with one attached hydrogen (secondary N) is 1. The zero-order valence-electron chi connectivity index (χ0n) is 12.7. The average molecular weight is 335 g/mol. The van der Waals surface area contributed by atoms with Gasteiger partial charge in [-0.1, -0.05) is 29.8 Å². The number of aromatic amines is 1. The molecule has 0 atom stereocenters. The van der Waals surface area contributed by atoms with Gasteiger partial charge in [-0.25, -0.2) is 5.10 Å². The molecule has 1 aromatic carbocycles. The topological polar surface area (TPSA) is 61.5 Å². The second-order valence-electron chi connectivity index (χ2n) is 5.39. The number of aromatic nitrogens is 2. The molecule has 1 aromatic heterocycles. The lowest BCUT2D eigenvalue weighted by atomic mass is 10.3. The maximum absolute atomic E-state index is 11.5. The Morgan fingerprint density at radius 1 is 1.17 bits per heavy atom. The lowest BCUT2D eigenvalue weighted by Crippen LogP contribution is -2.47. The summed E-state index contributed by atoms with van der Waals surface area (Å²) in [6.07, 6.45) is 1.61. The summed E-state index contributed by atoms with van der Waals surface area (Å²) < 4.78 is 5.72. The van der Waals surface area contributed by atoms with E-state index >= 15 is 0 Å². The number of piperazine rings is 1. The van der Waals surface area contributed by atoms with E-state index in [4.69, 9.17) is 16.3 Å². The summed E-state index contributed by atoms with van der Waals surface area (Å²) in [6, 6.07) is 9.82. The second-order valence-corrected chi connectivity index (χ2v) is 5.77. The summed E-state index contributed by atoms with van der Waals surface area (Å²) in [5, 5.41) is 6.37. The number of nitrogens with zero attached hydrogens (tertiary/aromatic N) is 3. The zero-order chi connectivity index (χ0) is 16.1. The molecular weight excluding hydrogens is 316 g/mol. The van der Waals surface area contributed by atoms with Gasteiger partial charge in [0.1, 0.15) is 17.4 Å². The van der Waals surface area contributed by atoms with Crippen molar-refractivity contribution in [3.05, 3.63) is 51.9 Å². The molecule has 1 fully saturated rings. The fraction of sp³-hybridized carbons (Fsp3) is 0.375. The molecule has 3 rings (SSSR count). The van der Waals surface area contributed by atoms with Crippen LogP contribution in [-0.2, 0) is 0 Å². The number of hydrogen-bond acceptors (Lipinski definition) is 5. The van der Waals surface area contributed by atoms with Crippen LogP contribution in [0, 0.1) is 0 Å². The third kappa shape index (κ3) is 4.03. The summed E-state index contributed by atoms with van der Waals surface area (Å²) in [5.74, 6) is 0.896. The molecule has 1 aliphatic rings. The molecule has 0 bridgehead atoms. The molecule has 0 amide bonds. The summed E-state index contributed by atoms with van der Waals surface area (Å²) in [7, 11) is 0. The fourth-order valence-electron chi connectivity index (χ4n) is 2.62. The Labute approximate surface area is 139 Å². The second kappa shape index (κ2) is 7.48. The summed E-state index contributed by atoms with van der Waals surface area (Å²) in [5.41, 5.74) is 0.360. The van der Waals surface area contributed by atoms with Crippen LogP contribution in [0.15, 0.2) is 41.3 Å². The highest BCUT2D eigenvalue weighted by atomic mass is 35.5. The van der Waals surface area contributed by atoms with Crippen molar-refractivity contribution in [2.75, 3.05) is 44.2 Å². The molecule has 2 aromatic rings. The summed E-state index contributed by atoms with van der Waals surface area (Å²) in [4.78, 5) is 16.0. The van der Waals surface area contributed by atoms with Gasteiger partial charge in [0.2, 0.25) is 0 Å². The lowest BCUT2D eigenvalue weighted by molar-refractivity contribution is 0.200. The van der Waals surface area contributed by atoms with Crippen LogP contribution in [0.3, 0.4) is 0 Å². The molecule has 0 radical (unpaired) electrons. The first-order valence-corrected chi connectivity index (χ1v) is 8.00. The van der Waals surface area contributed by atoms with Crippen molar-refractivity contribution in [3.8, 4) is 5.75 Å². The number of ether oxygens (including phenoxy) is 1. The van der Waals surface area contributed by atoms with Crippen molar-refractivity contribution in [3.63, 3.8) is 0 Å². The predicted octanol–water partition coefficient (Wildman–Crippen LogP) is 1.62. The van der Waals surface area contributed by atoms with E-state index in [0.29, 0.717) is 12.3 Å². The third-order valence-electron chi connectivity index (χ3n) is 3.91. The monoisotopic (exact) mass is 334 g/mol. The highest BCUT2D eigenvalue weighted by Crippen LogP contribution is 2.21. The number of benzene rings is 1. The minimum absolute atomic E-state index is 0.209. The lowest BCUT2D eigenvalue weighted by Gasteiger charge is -2.35. The largest absolute Gasteiger partial charge is 0.492 e. The van der Waals surface area contributed by atoms with Crippen LogP contribution in [0.2, 0.25) is 5.02 Å². The molecule has 1 saturated heterocycles. The van der Waals surface area contributed by atoms with Crippen LogP contribution >= 0.6 is 11.6 Å². The molecule has 0 spiro atoms. The molecule has 1 aliphatic heterocycles. The van der Waals surface area contributed by atoms with E-state index in [1.54, 1.807) is 6.20 Å². The van der Waals surface area contributed by atoms with Crippen LogP contribution in [0.1, 0.15) is 0 Å². The molecular formula is C16H19ClN4O2. The molecule has 7 heteroatoms. The Morgan fingerprint density at radius 2 is 1.91 bits per heavy atom. The predicted molar refractivity (Wildman–Crippen MR) is 90.5 cm³/mol. The number of hydrogen-bond donors (Lipinski definition) is 1. The van der Waals surface area contributed by atoms with Gasteiger partial charge in [-0.15, -0.1) is 0 Å². The number of H-pyrrole nitrogens is 1. The van der Waals surface area contributed by atoms with Gasteiger partial charge in [0.05, 0.1) is 11.9 Å². The van der Waals surface area contributed by atoms with E-state index in [1.807, 2.05) is 30.3 Å². The number of halogens is 1. The number of anilines is 1. The Bertz CT molecular complexity index is 684. The van der Waals surface area contributed by atoms with Crippen LogP contribution in [0.4, 0.5) is 5.69 Å². The number of rotatable bonds is 5. The van der Waals surface area contributed by atoms with Gasteiger partial charge >= 0.3 is 0 Å².